The molecule has 0 bridgehead atoms. The zero-order valence-electron chi connectivity index (χ0n) is 16.3. The van der Waals surface area contributed by atoms with E-state index in [-0.39, 0.29) is 0 Å². The van der Waals surface area contributed by atoms with Crippen LogP contribution in [0.4, 0.5) is 11.4 Å². The molecule has 0 saturated carbocycles. The number of hydrogen-bond acceptors (Lipinski definition) is 4. The molecule has 30 heavy (non-hydrogen) atoms. The summed E-state index contributed by atoms with van der Waals surface area (Å²) in [6.45, 7) is 3.63. The molecule has 0 aliphatic carbocycles. The Kier molecular flexibility index (Phi) is 7.24. The number of carboxylic acids is 2. The number of amides is 2. The Bertz CT molecular complexity index is 984. The average molecular weight is 408 g/mol. The van der Waals surface area contributed by atoms with Crippen LogP contribution >= 0.6 is 0 Å². The van der Waals surface area contributed by atoms with Crippen LogP contribution in [0.25, 0.3) is 11.1 Å². The van der Waals surface area contributed by atoms with Gasteiger partial charge in [0.15, 0.2) is 0 Å². The van der Waals surface area contributed by atoms with Crippen LogP contribution in [0.5, 0.6) is 0 Å². The molecule has 0 heterocycles. The Morgan fingerprint density at radius 3 is 1.33 bits per heavy atom. The predicted molar refractivity (Wildman–Crippen MR) is 112 cm³/mol. The fraction of sp³-hybridized carbons (Fsp3) is 0.0909. The molecule has 0 saturated heterocycles. The highest BCUT2D eigenvalue weighted by Gasteiger charge is 2.08. The van der Waals surface area contributed by atoms with E-state index in [2.05, 4.69) is 10.6 Å². The van der Waals surface area contributed by atoms with Gasteiger partial charge in [-0.25, -0.2) is 9.59 Å². The molecule has 4 N–H and O–H groups in total. The van der Waals surface area contributed by atoms with E-state index in [1.165, 1.54) is 0 Å². The average Bonchev–Trinajstić information content (AvgIpc) is 2.68. The first-order valence-electron chi connectivity index (χ1n) is 8.81. The van der Waals surface area contributed by atoms with Crippen molar-refractivity contribution in [1.82, 2.24) is 0 Å². The van der Waals surface area contributed by atoms with Crippen molar-refractivity contribution in [3.8, 4) is 11.1 Å². The minimum Gasteiger partial charge on any atom is -0.478 e. The topological polar surface area (TPSA) is 133 Å². The third-order valence-electron chi connectivity index (χ3n) is 4.06. The van der Waals surface area contributed by atoms with Gasteiger partial charge >= 0.3 is 11.9 Å². The van der Waals surface area contributed by atoms with Crippen LogP contribution in [0.2, 0.25) is 0 Å². The Morgan fingerprint density at radius 2 is 1.03 bits per heavy atom. The van der Waals surface area contributed by atoms with Gasteiger partial charge in [0.1, 0.15) is 0 Å². The normalized spacial score (nSPS) is 10.9. The fourth-order valence-corrected chi connectivity index (χ4v) is 2.61. The van der Waals surface area contributed by atoms with E-state index < -0.39 is 23.8 Å². The molecule has 2 rings (SSSR count). The highest BCUT2D eigenvalue weighted by molar-refractivity contribution is 6.03. The SMILES string of the molecule is Cc1cc(-c2ccc(NC(=O)C=CC(=O)O)c(C)c2)ccc1NC(=O)C=CC(=O)O. The summed E-state index contributed by atoms with van der Waals surface area (Å²) in [5.41, 5.74) is 4.47. The molecule has 2 aromatic carbocycles. The van der Waals surface area contributed by atoms with Crippen LogP contribution in [0.15, 0.2) is 60.7 Å². The fourth-order valence-electron chi connectivity index (χ4n) is 2.61. The molecule has 0 atom stereocenters. The largest absolute Gasteiger partial charge is 0.478 e. The van der Waals surface area contributed by atoms with Gasteiger partial charge in [-0.3, -0.25) is 9.59 Å². The lowest BCUT2D eigenvalue weighted by Crippen LogP contribution is -2.10. The van der Waals surface area contributed by atoms with E-state index >= 15 is 0 Å². The summed E-state index contributed by atoms with van der Waals surface area (Å²) in [5, 5.41) is 22.4. The predicted octanol–water partition coefficient (Wildman–Crippen LogP) is 3.13. The lowest BCUT2D eigenvalue weighted by Gasteiger charge is -2.12. The monoisotopic (exact) mass is 408 g/mol. The Labute approximate surface area is 172 Å². The summed E-state index contributed by atoms with van der Waals surface area (Å²) in [6.07, 6.45) is 3.41. The van der Waals surface area contributed by atoms with Gasteiger partial charge in [-0.15, -0.1) is 0 Å². The number of benzene rings is 2. The minimum absolute atomic E-state index is 0.541. The second-order valence-electron chi connectivity index (χ2n) is 6.38. The van der Waals surface area contributed by atoms with E-state index in [4.69, 9.17) is 10.2 Å². The Hall–Kier alpha value is -4.20. The van der Waals surface area contributed by atoms with Crippen molar-refractivity contribution in [2.45, 2.75) is 13.8 Å². The molecule has 8 nitrogen and oxygen atoms in total. The number of aryl methyl sites for hydroxylation is 2. The van der Waals surface area contributed by atoms with Gasteiger partial charge in [0.2, 0.25) is 11.8 Å². The van der Waals surface area contributed by atoms with Crippen molar-refractivity contribution in [1.29, 1.82) is 0 Å². The zero-order chi connectivity index (χ0) is 22.3. The Morgan fingerprint density at radius 1 is 0.667 bits per heavy atom. The van der Waals surface area contributed by atoms with E-state index in [1.807, 2.05) is 38.1 Å². The second kappa shape index (κ2) is 9.83. The van der Waals surface area contributed by atoms with Gasteiger partial charge in [-0.1, -0.05) is 12.1 Å². The van der Waals surface area contributed by atoms with Crippen LogP contribution in [0.1, 0.15) is 11.1 Å². The summed E-state index contributed by atoms with van der Waals surface area (Å²) >= 11 is 0. The maximum Gasteiger partial charge on any atom is 0.328 e. The number of anilines is 2. The maximum absolute atomic E-state index is 11.7. The molecule has 0 spiro atoms. The number of carbonyl (C=O) groups excluding carboxylic acids is 2. The number of carboxylic acid groups (broad SMARTS) is 2. The summed E-state index contributed by atoms with van der Waals surface area (Å²) in [7, 11) is 0. The maximum atomic E-state index is 11.7. The van der Waals surface area contributed by atoms with Crippen molar-refractivity contribution < 1.29 is 29.4 Å². The molecule has 0 fully saturated rings. The number of rotatable bonds is 7. The smallest absolute Gasteiger partial charge is 0.328 e. The van der Waals surface area contributed by atoms with Crippen molar-refractivity contribution in [3.63, 3.8) is 0 Å². The molecular formula is C22H20N2O6. The van der Waals surface area contributed by atoms with Crippen molar-refractivity contribution >= 4 is 35.1 Å². The number of hydrogen-bond donors (Lipinski definition) is 4. The summed E-state index contributed by atoms with van der Waals surface area (Å²) < 4.78 is 0. The summed E-state index contributed by atoms with van der Waals surface area (Å²) in [5.74, 6) is -3.49. The third-order valence-corrected chi connectivity index (χ3v) is 4.06. The molecule has 2 aromatic rings. The summed E-state index contributed by atoms with van der Waals surface area (Å²) in [6, 6.07) is 10.8. The first kappa shape index (κ1) is 22.1. The van der Waals surface area contributed by atoms with Gasteiger partial charge in [-0.2, -0.15) is 0 Å². The van der Waals surface area contributed by atoms with Crippen molar-refractivity contribution in [3.05, 3.63) is 71.8 Å². The number of carbonyl (C=O) groups is 4. The highest BCUT2D eigenvalue weighted by Crippen LogP contribution is 2.28. The molecule has 8 heteroatoms. The molecule has 0 unspecified atom stereocenters. The van der Waals surface area contributed by atoms with Crippen LogP contribution < -0.4 is 10.6 Å². The highest BCUT2D eigenvalue weighted by atomic mass is 16.4. The van der Waals surface area contributed by atoms with Gasteiger partial charge in [0.05, 0.1) is 0 Å². The standard InChI is InChI=1S/C22H20N2O6/c1-13-11-15(3-5-17(13)23-19(25)7-9-21(27)28)16-4-6-18(14(2)12-16)24-20(26)8-10-22(29)30/h3-12H,1-2H3,(H,23,25)(H,24,26)(H,27,28)(H,29,30). The number of nitrogens with one attached hydrogen (secondary N) is 2. The first-order valence-corrected chi connectivity index (χ1v) is 8.81. The van der Waals surface area contributed by atoms with Gasteiger partial charge in [0.25, 0.3) is 0 Å². The van der Waals surface area contributed by atoms with E-state index in [0.29, 0.717) is 11.4 Å². The van der Waals surface area contributed by atoms with Crippen LogP contribution in [0, 0.1) is 13.8 Å². The second-order valence-corrected chi connectivity index (χ2v) is 6.38. The van der Waals surface area contributed by atoms with Crippen LogP contribution in [-0.2, 0) is 19.2 Å². The molecule has 0 aliphatic heterocycles. The lowest BCUT2D eigenvalue weighted by atomic mass is 10.00. The molecule has 2 amide bonds. The van der Waals surface area contributed by atoms with Crippen molar-refractivity contribution in [2.75, 3.05) is 10.6 Å². The lowest BCUT2D eigenvalue weighted by molar-refractivity contribution is -0.132. The summed E-state index contributed by atoms with van der Waals surface area (Å²) in [4.78, 5) is 44.4. The molecule has 0 radical (unpaired) electrons. The first-order chi connectivity index (χ1) is 14.2. The van der Waals surface area contributed by atoms with Gasteiger partial charge < -0.3 is 20.8 Å². The van der Waals surface area contributed by atoms with E-state index in [1.54, 1.807) is 12.1 Å². The zero-order valence-corrected chi connectivity index (χ0v) is 16.3. The third kappa shape index (κ3) is 6.45. The van der Waals surface area contributed by atoms with Gasteiger partial charge in [0, 0.05) is 35.7 Å². The quantitative estimate of drug-likeness (QED) is 0.520. The van der Waals surface area contributed by atoms with E-state index in [0.717, 1.165) is 46.6 Å². The van der Waals surface area contributed by atoms with Crippen molar-refractivity contribution in [2.24, 2.45) is 0 Å². The molecule has 0 aromatic heterocycles. The van der Waals surface area contributed by atoms with Crippen LogP contribution in [0.3, 0.4) is 0 Å². The van der Waals surface area contributed by atoms with Crippen LogP contribution in [-0.4, -0.2) is 34.0 Å². The molecule has 0 aliphatic rings. The molecular weight excluding hydrogens is 388 g/mol. The van der Waals surface area contributed by atoms with Gasteiger partial charge in [-0.05, 0) is 60.4 Å². The minimum atomic E-state index is -1.20. The Balaban J connectivity index is 2.16. The number of aliphatic carboxylic acids is 2. The molecule has 154 valence electrons. The van der Waals surface area contributed by atoms with E-state index in [9.17, 15) is 19.2 Å².